The lowest BCUT2D eigenvalue weighted by Gasteiger charge is -2.39. The summed E-state index contributed by atoms with van der Waals surface area (Å²) >= 11 is 1.52. The van der Waals surface area contributed by atoms with Crippen LogP contribution < -0.4 is 4.90 Å². The zero-order chi connectivity index (χ0) is 17.3. The Kier molecular flexibility index (Phi) is 4.36. The molecular weight excluding hydrogens is 322 g/mol. The molecule has 24 heavy (non-hydrogen) atoms. The van der Waals surface area contributed by atoms with Gasteiger partial charge in [-0.25, -0.2) is 0 Å². The molecule has 6 heteroatoms. The van der Waals surface area contributed by atoms with E-state index in [1.54, 1.807) is 34.1 Å². The molecular formula is C18H17N3O2S. The van der Waals surface area contributed by atoms with Gasteiger partial charge in [-0.1, -0.05) is 12.1 Å². The average Bonchev–Trinajstić information content (AvgIpc) is 3.02. The Morgan fingerprint density at radius 2 is 2.12 bits per heavy atom. The largest absolute Gasteiger partial charge is 0.325 e. The molecule has 1 atom stereocenters. The van der Waals surface area contributed by atoms with Gasteiger partial charge < -0.3 is 9.80 Å². The minimum atomic E-state index is -0.170. The molecule has 0 unspecified atom stereocenters. The van der Waals surface area contributed by atoms with Gasteiger partial charge in [-0.3, -0.25) is 9.59 Å². The van der Waals surface area contributed by atoms with Crippen LogP contribution in [0, 0.1) is 18.3 Å². The SMILES string of the molecule is Cc1cc(C(=O)N2CC(=O)N(c3ccccc3C#N)C[C@@H]2C)cs1. The van der Waals surface area contributed by atoms with E-state index in [1.165, 1.54) is 11.3 Å². The molecule has 3 rings (SSSR count). The third-order valence-electron chi connectivity index (χ3n) is 4.14. The second kappa shape index (κ2) is 6.46. The van der Waals surface area contributed by atoms with Crippen LogP contribution in [0.2, 0.25) is 0 Å². The number of para-hydroxylation sites is 1. The standard InChI is InChI=1S/C18H17N3O2S/c1-12-9-21(16-6-4-3-5-14(16)8-19)17(22)10-20(12)18(23)15-7-13(2)24-11-15/h3-7,11-12H,9-10H2,1-2H3/t12-/m0/s1. The first-order chi connectivity index (χ1) is 11.5. The lowest BCUT2D eigenvalue weighted by Crippen LogP contribution is -2.57. The summed E-state index contributed by atoms with van der Waals surface area (Å²) in [6, 6.07) is 10.9. The molecule has 0 bridgehead atoms. The Hall–Kier alpha value is -2.65. The van der Waals surface area contributed by atoms with Crippen molar-refractivity contribution in [1.29, 1.82) is 5.26 Å². The van der Waals surface area contributed by atoms with Crippen LogP contribution in [0.15, 0.2) is 35.7 Å². The van der Waals surface area contributed by atoms with Crippen LogP contribution in [0.3, 0.4) is 0 Å². The Morgan fingerprint density at radius 3 is 2.79 bits per heavy atom. The molecule has 122 valence electrons. The van der Waals surface area contributed by atoms with Crippen LogP contribution in [0.25, 0.3) is 0 Å². The predicted octanol–water partition coefficient (Wildman–Crippen LogP) is 2.81. The van der Waals surface area contributed by atoms with Gasteiger partial charge in [0.15, 0.2) is 0 Å². The molecule has 1 fully saturated rings. The lowest BCUT2D eigenvalue weighted by molar-refractivity contribution is -0.121. The van der Waals surface area contributed by atoms with Crippen molar-refractivity contribution in [2.24, 2.45) is 0 Å². The molecule has 5 nitrogen and oxygen atoms in total. The van der Waals surface area contributed by atoms with E-state index in [0.717, 1.165) is 4.88 Å². The van der Waals surface area contributed by atoms with E-state index < -0.39 is 0 Å². The van der Waals surface area contributed by atoms with E-state index in [4.69, 9.17) is 0 Å². The van der Waals surface area contributed by atoms with E-state index in [2.05, 4.69) is 6.07 Å². The summed E-state index contributed by atoms with van der Waals surface area (Å²) in [5.74, 6) is -0.287. The van der Waals surface area contributed by atoms with Crippen LogP contribution in [-0.4, -0.2) is 35.8 Å². The fourth-order valence-corrected chi connectivity index (χ4v) is 3.56. The smallest absolute Gasteiger partial charge is 0.255 e. The maximum Gasteiger partial charge on any atom is 0.255 e. The summed E-state index contributed by atoms with van der Waals surface area (Å²) in [5, 5.41) is 11.1. The number of hydrogen-bond acceptors (Lipinski definition) is 4. The summed E-state index contributed by atoms with van der Waals surface area (Å²) < 4.78 is 0. The van der Waals surface area contributed by atoms with Crippen molar-refractivity contribution < 1.29 is 9.59 Å². The van der Waals surface area contributed by atoms with Crippen LogP contribution in [0.5, 0.6) is 0 Å². The Labute approximate surface area is 144 Å². The van der Waals surface area contributed by atoms with E-state index in [1.807, 2.05) is 25.3 Å². The minimum absolute atomic E-state index is 0.0225. The molecule has 1 aromatic heterocycles. The number of nitriles is 1. The number of rotatable bonds is 2. The van der Waals surface area contributed by atoms with E-state index in [0.29, 0.717) is 23.4 Å². The number of amides is 2. The van der Waals surface area contributed by atoms with Crippen molar-refractivity contribution in [1.82, 2.24) is 4.90 Å². The van der Waals surface area contributed by atoms with Gasteiger partial charge in [0.05, 0.1) is 16.8 Å². The van der Waals surface area contributed by atoms with Crippen LogP contribution in [0.1, 0.15) is 27.7 Å². The summed E-state index contributed by atoms with van der Waals surface area (Å²) in [6.45, 7) is 4.28. The van der Waals surface area contributed by atoms with Gasteiger partial charge in [0.2, 0.25) is 5.91 Å². The normalized spacial score (nSPS) is 17.7. The van der Waals surface area contributed by atoms with Gasteiger partial charge >= 0.3 is 0 Å². The zero-order valence-electron chi connectivity index (χ0n) is 13.5. The maximum atomic E-state index is 12.6. The maximum absolute atomic E-state index is 12.6. The van der Waals surface area contributed by atoms with Crippen molar-refractivity contribution in [3.05, 3.63) is 51.7 Å². The van der Waals surface area contributed by atoms with E-state index in [-0.39, 0.29) is 24.4 Å². The first kappa shape index (κ1) is 16.2. The van der Waals surface area contributed by atoms with Crippen LogP contribution in [-0.2, 0) is 4.79 Å². The van der Waals surface area contributed by atoms with Crippen molar-refractivity contribution in [2.45, 2.75) is 19.9 Å². The number of aryl methyl sites for hydroxylation is 1. The Bertz CT molecular complexity index is 837. The fourth-order valence-electron chi connectivity index (χ4n) is 2.88. The second-order valence-corrected chi connectivity index (χ2v) is 6.98. The summed E-state index contributed by atoms with van der Waals surface area (Å²) in [6.07, 6.45) is 0. The molecule has 1 aliphatic heterocycles. The summed E-state index contributed by atoms with van der Waals surface area (Å²) in [7, 11) is 0. The molecule has 0 radical (unpaired) electrons. The van der Waals surface area contributed by atoms with Gasteiger partial charge in [-0.05, 0) is 32.0 Å². The molecule has 2 heterocycles. The highest BCUT2D eigenvalue weighted by molar-refractivity contribution is 7.10. The number of nitrogens with zero attached hydrogens (tertiary/aromatic N) is 3. The number of benzene rings is 1. The van der Waals surface area contributed by atoms with Gasteiger partial charge in [-0.2, -0.15) is 5.26 Å². The highest BCUT2D eigenvalue weighted by Crippen LogP contribution is 2.25. The van der Waals surface area contributed by atoms with Crippen molar-refractivity contribution in [3.8, 4) is 6.07 Å². The van der Waals surface area contributed by atoms with Crippen molar-refractivity contribution >= 4 is 28.8 Å². The van der Waals surface area contributed by atoms with Gasteiger partial charge in [-0.15, -0.1) is 11.3 Å². The number of carbonyl (C=O) groups excluding carboxylic acids is 2. The predicted molar refractivity (Wildman–Crippen MR) is 93.1 cm³/mol. The van der Waals surface area contributed by atoms with Crippen molar-refractivity contribution in [2.75, 3.05) is 18.0 Å². The number of anilines is 1. The molecule has 2 amide bonds. The molecule has 1 saturated heterocycles. The minimum Gasteiger partial charge on any atom is -0.325 e. The topological polar surface area (TPSA) is 64.4 Å². The van der Waals surface area contributed by atoms with E-state index >= 15 is 0 Å². The second-order valence-electron chi connectivity index (χ2n) is 5.86. The third kappa shape index (κ3) is 2.91. The number of hydrogen-bond donors (Lipinski definition) is 0. The quantitative estimate of drug-likeness (QED) is 0.845. The molecule has 2 aromatic rings. The molecule has 0 aliphatic carbocycles. The summed E-state index contributed by atoms with van der Waals surface area (Å²) in [5.41, 5.74) is 1.70. The van der Waals surface area contributed by atoms with Gasteiger partial charge in [0.1, 0.15) is 12.6 Å². The monoisotopic (exact) mass is 339 g/mol. The molecule has 1 aromatic carbocycles. The van der Waals surface area contributed by atoms with Crippen molar-refractivity contribution in [3.63, 3.8) is 0 Å². The first-order valence-corrected chi connectivity index (χ1v) is 8.55. The van der Waals surface area contributed by atoms with Gasteiger partial charge in [0, 0.05) is 22.8 Å². The average molecular weight is 339 g/mol. The number of thiophene rings is 1. The van der Waals surface area contributed by atoms with Gasteiger partial charge in [0.25, 0.3) is 5.91 Å². The molecule has 1 aliphatic rings. The molecule has 0 N–H and O–H groups in total. The zero-order valence-corrected chi connectivity index (χ0v) is 14.3. The fraction of sp³-hybridized carbons (Fsp3) is 0.278. The van der Waals surface area contributed by atoms with Crippen LogP contribution >= 0.6 is 11.3 Å². The van der Waals surface area contributed by atoms with E-state index in [9.17, 15) is 14.9 Å². The number of carbonyl (C=O) groups is 2. The van der Waals surface area contributed by atoms with Crippen LogP contribution in [0.4, 0.5) is 5.69 Å². The third-order valence-corrected chi connectivity index (χ3v) is 5.00. The molecule has 0 spiro atoms. The summed E-state index contributed by atoms with van der Waals surface area (Å²) in [4.78, 5) is 29.5. The first-order valence-electron chi connectivity index (χ1n) is 7.67. The lowest BCUT2D eigenvalue weighted by atomic mass is 10.1. The Morgan fingerprint density at radius 1 is 1.38 bits per heavy atom. The highest BCUT2D eigenvalue weighted by Gasteiger charge is 2.34. The highest BCUT2D eigenvalue weighted by atomic mass is 32.1. The molecule has 0 saturated carbocycles. The Balaban J connectivity index is 1.83. The number of piperazine rings is 1.